The minimum atomic E-state index is -0.395. The van der Waals surface area contributed by atoms with Gasteiger partial charge in [0.05, 0.1) is 5.69 Å². The Kier molecular flexibility index (Phi) is 2.06. The number of nitrogens with two attached hydrogens (primary N) is 1. The van der Waals surface area contributed by atoms with Gasteiger partial charge in [-0.2, -0.15) is 0 Å². The first-order valence-corrected chi connectivity index (χ1v) is 5.58. The van der Waals surface area contributed by atoms with Crippen LogP contribution in [0.3, 0.4) is 0 Å². The van der Waals surface area contributed by atoms with E-state index in [0.29, 0.717) is 5.13 Å². The van der Waals surface area contributed by atoms with Gasteiger partial charge in [0.25, 0.3) is 0 Å². The summed E-state index contributed by atoms with van der Waals surface area (Å²) < 4.78 is -0.395. The predicted octanol–water partition coefficient (Wildman–Crippen LogP) is 2.77. The van der Waals surface area contributed by atoms with E-state index in [1.807, 2.05) is 16.9 Å². The maximum Gasteiger partial charge on any atom is 0.180 e. The molecule has 0 fully saturated rings. The second kappa shape index (κ2) is 2.94. The van der Waals surface area contributed by atoms with E-state index in [9.17, 15) is 0 Å². The summed E-state index contributed by atoms with van der Waals surface area (Å²) in [4.78, 5) is 4.17. The molecule has 1 atom stereocenters. The summed E-state index contributed by atoms with van der Waals surface area (Å²) in [5.41, 5.74) is 6.40. The first-order valence-electron chi connectivity index (χ1n) is 3.44. The van der Waals surface area contributed by atoms with Crippen LogP contribution in [0.25, 0.3) is 0 Å². The third kappa shape index (κ3) is 1.34. The van der Waals surface area contributed by atoms with E-state index in [-0.39, 0.29) is 0 Å². The van der Waals surface area contributed by atoms with Crippen molar-refractivity contribution in [1.82, 2.24) is 4.98 Å². The van der Waals surface area contributed by atoms with Crippen LogP contribution in [0.5, 0.6) is 0 Å². The lowest BCUT2D eigenvalue weighted by atomic mass is 10.2. The van der Waals surface area contributed by atoms with Crippen molar-refractivity contribution in [1.29, 1.82) is 0 Å². The number of nitrogen functional groups attached to an aromatic ring is 1. The molecule has 2 nitrogen and oxygen atoms in total. The highest BCUT2D eigenvalue weighted by Crippen LogP contribution is 2.48. The van der Waals surface area contributed by atoms with Crippen molar-refractivity contribution in [3.05, 3.63) is 22.6 Å². The van der Waals surface area contributed by atoms with Gasteiger partial charge in [0.2, 0.25) is 0 Å². The normalized spacial score (nSPS) is 28.1. The van der Waals surface area contributed by atoms with Crippen LogP contribution in [0.1, 0.15) is 12.1 Å². The lowest BCUT2D eigenvalue weighted by Gasteiger charge is -2.16. The molecule has 12 heavy (non-hydrogen) atoms. The van der Waals surface area contributed by atoms with E-state index < -0.39 is 4.21 Å². The standard InChI is InChI=1S/C7H7ClN2S2/c8-7(2-1-3-12-7)5-4-11-6(9)10-5/h1,3-4H,2H2,(H2,9,10). The third-order valence-corrected chi connectivity index (χ3v) is 4.00. The molecule has 1 aromatic heterocycles. The molecule has 1 aromatic rings. The van der Waals surface area contributed by atoms with Crippen LogP contribution in [0.15, 0.2) is 16.9 Å². The predicted molar refractivity (Wildman–Crippen MR) is 55.4 cm³/mol. The largest absolute Gasteiger partial charge is 0.375 e. The van der Waals surface area contributed by atoms with Crippen LogP contribution >= 0.6 is 34.7 Å². The number of alkyl halides is 1. The molecule has 64 valence electrons. The van der Waals surface area contributed by atoms with Gasteiger partial charge in [-0.05, 0) is 5.41 Å². The second-order valence-corrected chi connectivity index (χ2v) is 5.46. The number of hydrogen-bond acceptors (Lipinski definition) is 4. The van der Waals surface area contributed by atoms with Gasteiger partial charge in [0.1, 0.15) is 4.21 Å². The van der Waals surface area contributed by atoms with Crippen molar-refractivity contribution >= 4 is 39.8 Å². The Balaban J connectivity index is 2.30. The molecule has 1 aliphatic rings. The number of rotatable bonds is 1. The van der Waals surface area contributed by atoms with Crippen LogP contribution in [0.2, 0.25) is 0 Å². The maximum absolute atomic E-state index is 6.30. The van der Waals surface area contributed by atoms with Crippen molar-refractivity contribution in [3.63, 3.8) is 0 Å². The Morgan fingerprint density at radius 3 is 3.00 bits per heavy atom. The first kappa shape index (κ1) is 8.41. The molecule has 2 rings (SSSR count). The van der Waals surface area contributed by atoms with Gasteiger partial charge in [-0.15, -0.1) is 23.1 Å². The average Bonchev–Trinajstić information content (AvgIpc) is 2.59. The molecule has 0 aromatic carbocycles. The highest BCUT2D eigenvalue weighted by atomic mass is 35.5. The van der Waals surface area contributed by atoms with Crippen molar-refractivity contribution < 1.29 is 0 Å². The zero-order valence-corrected chi connectivity index (χ0v) is 8.55. The molecule has 2 heterocycles. The van der Waals surface area contributed by atoms with Crippen LogP contribution in [-0.2, 0) is 4.21 Å². The zero-order valence-electron chi connectivity index (χ0n) is 6.16. The van der Waals surface area contributed by atoms with Crippen molar-refractivity contribution in [2.75, 3.05) is 5.73 Å². The van der Waals surface area contributed by atoms with Gasteiger partial charge in [-0.1, -0.05) is 17.7 Å². The SMILES string of the molecule is Nc1nc(C2(Cl)CC=CS2)cs1. The highest BCUT2D eigenvalue weighted by molar-refractivity contribution is 8.04. The summed E-state index contributed by atoms with van der Waals surface area (Å²) in [5, 5.41) is 4.50. The van der Waals surface area contributed by atoms with Crippen LogP contribution in [0.4, 0.5) is 5.13 Å². The van der Waals surface area contributed by atoms with Gasteiger partial charge in [0.15, 0.2) is 5.13 Å². The minimum Gasteiger partial charge on any atom is -0.375 e. The van der Waals surface area contributed by atoms with E-state index >= 15 is 0 Å². The zero-order chi connectivity index (χ0) is 8.60. The van der Waals surface area contributed by atoms with E-state index in [0.717, 1.165) is 12.1 Å². The number of anilines is 1. The monoisotopic (exact) mass is 218 g/mol. The van der Waals surface area contributed by atoms with Crippen molar-refractivity contribution in [2.24, 2.45) is 0 Å². The summed E-state index contributed by atoms with van der Waals surface area (Å²) in [6, 6.07) is 0. The minimum absolute atomic E-state index is 0.395. The van der Waals surface area contributed by atoms with Gasteiger partial charge >= 0.3 is 0 Å². The number of thiazole rings is 1. The number of allylic oxidation sites excluding steroid dienone is 1. The Morgan fingerprint density at radius 2 is 2.50 bits per heavy atom. The summed E-state index contributed by atoms with van der Waals surface area (Å²) in [5.74, 6) is 0. The Bertz CT molecular complexity index is 313. The Morgan fingerprint density at radius 1 is 1.67 bits per heavy atom. The van der Waals surface area contributed by atoms with Crippen LogP contribution < -0.4 is 5.73 Å². The molecule has 1 aliphatic heterocycles. The summed E-state index contributed by atoms with van der Waals surface area (Å²) in [6.45, 7) is 0. The lowest BCUT2D eigenvalue weighted by Crippen LogP contribution is -2.09. The number of hydrogen-bond donors (Lipinski definition) is 1. The molecule has 0 saturated heterocycles. The molecule has 0 spiro atoms. The summed E-state index contributed by atoms with van der Waals surface area (Å²) in [7, 11) is 0. The molecule has 0 radical (unpaired) electrons. The lowest BCUT2D eigenvalue weighted by molar-refractivity contribution is 0.866. The fourth-order valence-electron chi connectivity index (χ4n) is 1.03. The van der Waals surface area contributed by atoms with E-state index in [2.05, 4.69) is 4.98 Å². The van der Waals surface area contributed by atoms with Crippen LogP contribution in [-0.4, -0.2) is 4.98 Å². The second-order valence-electron chi connectivity index (χ2n) is 2.49. The molecule has 5 heteroatoms. The Hall–Kier alpha value is -0.190. The van der Waals surface area contributed by atoms with E-state index in [1.165, 1.54) is 11.3 Å². The third-order valence-electron chi connectivity index (χ3n) is 1.64. The smallest absolute Gasteiger partial charge is 0.180 e. The molecule has 1 unspecified atom stereocenters. The van der Waals surface area contributed by atoms with E-state index in [4.69, 9.17) is 17.3 Å². The molecule has 0 aliphatic carbocycles. The fourth-order valence-corrected chi connectivity index (χ4v) is 2.97. The van der Waals surface area contributed by atoms with E-state index in [1.54, 1.807) is 11.8 Å². The Labute approximate surface area is 83.8 Å². The van der Waals surface area contributed by atoms with Gasteiger partial charge in [-0.25, -0.2) is 4.98 Å². The topological polar surface area (TPSA) is 38.9 Å². The van der Waals surface area contributed by atoms with Crippen LogP contribution in [0, 0.1) is 0 Å². The average molecular weight is 219 g/mol. The van der Waals surface area contributed by atoms with Crippen molar-refractivity contribution in [3.8, 4) is 0 Å². The highest BCUT2D eigenvalue weighted by Gasteiger charge is 2.33. The molecular formula is C7H7ClN2S2. The molecular weight excluding hydrogens is 212 g/mol. The number of aromatic nitrogens is 1. The molecule has 0 saturated carbocycles. The van der Waals surface area contributed by atoms with Crippen molar-refractivity contribution in [2.45, 2.75) is 10.6 Å². The number of nitrogens with zero attached hydrogens (tertiary/aromatic N) is 1. The maximum atomic E-state index is 6.30. The first-order chi connectivity index (χ1) is 5.71. The number of halogens is 1. The van der Waals surface area contributed by atoms with Gasteiger partial charge < -0.3 is 5.73 Å². The number of thioether (sulfide) groups is 1. The molecule has 2 N–H and O–H groups in total. The fraction of sp³-hybridized carbons (Fsp3) is 0.286. The quantitative estimate of drug-likeness (QED) is 0.737. The van der Waals surface area contributed by atoms with Gasteiger partial charge in [-0.3, -0.25) is 0 Å². The summed E-state index contributed by atoms with van der Waals surface area (Å²) >= 11 is 9.31. The summed E-state index contributed by atoms with van der Waals surface area (Å²) in [6.07, 6.45) is 2.87. The molecule has 0 bridgehead atoms. The molecule has 0 amide bonds. The van der Waals surface area contributed by atoms with Gasteiger partial charge in [0, 0.05) is 11.8 Å².